The molecule has 1 saturated carbocycles. The van der Waals surface area contributed by atoms with Gasteiger partial charge in [-0.25, -0.2) is 0 Å². The molecule has 168 valence electrons. The van der Waals surface area contributed by atoms with Crippen LogP contribution in [0, 0.1) is 11.8 Å². The minimum atomic E-state index is -0.117. The number of nitrogens with one attached hydrogen (secondary N) is 2. The lowest BCUT2D eigenvalue weighted by molar-refractivity contribution is -0.135. The number of carbonyl (C=O) groups is 3. The number of para-hydroxylation sites is 1. The third kappa shape index (κ3) is 6.09. The molecule has 0 spiro atoms. The topological polar surface area (TPSA) is 87.7 Å². The fourth-order valence-electron chi connectivity index (χ4n) is 3.79. The standard InChI is InChI=1S/C25H29N3O4/c29-23(14-17-32-22-4-2-1-3-5-22)28-15-12-19(13-16-28)25(31)27-21-10-8-20(9-11-21)26-24(30)18-6-7-18/h1-5,8-11,18-19H,6-7,12-17H2,(H,26,30)(H,27,31). The van der Waals surface area contributed by atoms with Crippen molar-refractivity contribution in [3.63, 3.8) is 0 Å². The number of carbonyl (C=O) groups excluding carboxylic acids is 3. The van der Waals surface area contributed by atoms with Crippen LogP contribution < -0.4 is 15.4 Å². The van der Waals surface area contributed by atoms with Crippen molar-refractivity contribution in [2.24, 2.45) is 11.8 Å². The highest BCUT2D eigenvalue weighted by Gasteiger charge is 2.30. The summed E-state index contributed by atoms with van der Waals surface area (Å²) < 4.78 is 5.60. The molecule has 0 aromatic heterocycles. The van der Waals surface area contributed by atoms with E-state index in [1.165, 1.54) is 0 Å². The van der Waals surface area contributed by atoms with Gasteiger partial charge in [-0.05, 0) is 62.1 Å². The monoisotopic (exact) mass is 435 g/mol. The van der Waals surface area contributed by atoms with E-state index in [0.29, 0.717) is 44.6 Å². The molecule has 0 atom stereocenters. The zero-order valence-electron chi connectivity index (χ0n) is 18.1. The largest absolute Gasteiger partial charge is 0.493 e. The lowest BCUT2D eigenvalue weighted by Gasteiger charge is -2.31. The van der Waals surface area contributed by atoms with Gasteiger partial charge >= 0.3 is 0 Å². The van der Waals surface area contributed by atoms with Gasteiger partial charge < -0.3 is 20.3 Å². The summed E-state index contributed by atoms with van der Waals surface area (Å²) in [7, 11) is 0. The Morgan fingerprint density at radius 1 is 0.781 bits per heavy atom. The van der Waals surface area contributed by atoms with Gasteiger partial charge in [-0.15, -0.1) is 0 Å². The number of hydrogen-bond donors (Lipinski definition) is 2. The Morgan fingerprint density at radius 2 is 1.31 bits per heavy atom. The quantitative estimate of drug-likeness (QED) is 0.662. The number of ether oxygens (including phenoxy) is 1. The molecule has 0 radical (unpaired) electrons. The van der Waals surface area contributed by atoms with Gasteiger partial charge in [0, 0.05) is 36.3 Å². The van der Waals surface area contributed by atoms with Crippen LogP contribution in [-0.2, 0) is 14.4 Å². The summed E-state index contributed by atoms with van der Waals surface area (Å²) >= 11 is 0. The Labute approximate surface area is 188 Å². The molecule has 2 aliphatic rings. The third-order valence-corrected chi connectivity index (χ3v) is 5.91. The molecule has 7 nitrogen and oxygen atoms in total. The third-order valence-electron chi connectivity index (χ3n) is 5.91. The summed E-state index contributed by atoms with van der Waals surface area (Å²) in [5.74, 6) is 0.893. The van der Waals surface area contributed by atoms with Crippen LogP contribution in [0.2, 0.25) is 0 Å². The summed E-state index contributed by atoms with van der Waals surface area (Å²) in [5, 5.41) is 5.84. The first-order valence-corrected chi connectivity index (χ1v) is 11.3. The van der Waals surface area contributed by atoms with Gasteiger partial charge in [0.15, 0.2) is 0 Å². The van der Waals surface area contributed by atoms with Crippen LogP contribution >= 0.6 is 0 Å². The van der Waals surface area contributed by atoms with Crippen LogP contribution in [0.25, 0.3) is 0 Å². The van der Waals surface area contributed by atoms with E-state index >= 15 is 0 Å². The molecule has 3 amide bonds. The molecular weight excluding hydrogens is 406 g/mol. The van der Waals surface area contributed by atoms with Crippen molar-refractivity contribution in [3.8, 4) is 5.75 Å². The number of anilines is 2. The predicted octanol–water partition coefficient (Wildman–Crippen LogP) is 3.68. The number of likely N-dealkylation sites (tertiary alicyclic amines) is 1. The van der Waals surface area contributed by atoms with E-state index in [0.717, 1.165) is 24.3 Å². The molecule has 2 N–H and O–H groups in total. The Morgan fingerprint density at radius 3 is 1.84 bits per heavy atom. The summed E-state index contributed by atoms with van der Waals surface area (Å²) in [6.07, 6.45) is 3.55. The van der Waals surface area contributed by atoms with Crippen LogP contribution in [-0.4, -0.2) is 42.3 Å². The molecule has 7 heteroatoms. The van der Waals surface area contributed by atoms with E-state index in [4.69, 9.17) is 4.74 Å². The second kappa shape index (κ2) is 10.3. The number of amides is 3. The Bertz CT molecular complexity index is 933. The number of benzene rings is 2. The number of nitrogens with zero attached hydrogens (tertiary/aromatic N) is 1. The van der Waals surface area contributed by atoms with Crippen LogP contribution in [0.1, 0.15) is 32.1 Å². The van der Waals surface area contributed by atoms with Crippen LogP contribution in [0.15, 0.2) is 54.6 Å². The molecule has 1 saturated heterocycles. The van der Waals surface area contributed by atoms with Crippen molar-refractivity contribution in [2.75, 3.05) is 30.3 Å². The van der Waals surface area contributed by atoms with E-state index < -0.39 is 0 Å². The van der Waals surface area contributed by atoms with Gasteiger partial charge in [0.05, 0.1) is 13.0 Å². The zero-order chi connectivity index (χ0) is 22.3. The van der Waals surface area contributed by atoms with Crippen molar-refractivity contribution in [3.05, 3.63) is 54.6 Å². The van der Waals surface area contributed by atoms with Gasteiger partial charge in [0.1, 0.15) is 5.75 Å². The molecule has 4 rings (SSSR count). The van der Waals surface area contributed by atoms with Crippen molar-refractivity contribution >= 4 is 29.1 Å². The number of piperidine rings is 1. The molecule has 1 aliphatic heterocycles. The van der Waals surface area contributed by atoms with Gasteiger partial charge in [-0.2, -0.15) is 0 Å². The van der Waals surface area contributed by atoms with E-state index in [2.05, 4.69) is 10.6 Å². The predicted molar refractivity (Wildman–Crippen MR) is 122 cm³/mol. The highest BCUT2D eigenvalue weighted by Crippen LogP contribution is 2.30. The van der Waals surface area contributed by atoms with Crippen LogP contribution in [0.5, 0.6) is 5.75 Å². The second-order valence-electron chi connectivity index (χ2n) is 8.40. The zero-order valence-corrected chi connectivity index (χ0v) is 18.1. The molecule has 1 aliphatic carbocycles. The van der Waals surface area contributed by atoms with E-state index in [9.17, 15) is 14.4 Å². The minimum Gasteiger partial charge on any atom is -0.493 e. The maximum absolute atomic E-state index is 12.6. The Balaban J connectivity index is 1.17. The normalized spacial score (nSPS) is 16.3. The first-order chi connectivity index (χ1) is 15.6. The first-order valence-electron chi connectivity index (χ1n) is 11.3. The molecule has 2 aromatic rings. The Kier molecular flexibility index (Phi) is 7.04. The molecule has 1 heterocycles. The van der Waals surface area contributed by atoms with Crippen molar-refractivity contribution in [2.45, 2.75) is 32.1 Å². The molecule has 32 heavy (non-hydrogen) atoms. The summed E-state index contributed by atoms with van der Waals surface area (Å²) in [5.41, 5.74) is 1.44. The highest BCUT2D eigenvalue weighted by atomic mass is 16.5. The van der Waals surface area contributed by atoms with Crippen LogP contribution in [0.3, 0.4) is 0 Å². The average Bonchev–Trinajstić information content (AvgIpc) is 3.67. The molecule has 0 unspecified atom stereocenters. The lowest BCUT2D eigenvalue weighted by atomic mass is 9.95. The van der Waals surface area contributed by atoms with E-state index in [-0.39, 0.29) is 29.6 Å². The van der Waals surface area contributed by atoms with E-state index in [1.54, 1.807) is 24.3 Å². The van der Waals surface area contributed by atoms with E-state index in [1.807, 2.05) is 35.2 Å². The highest BCUT2D eigenvalue weighted by molar-refractivity contribution is 5.95. The number of hydrogen-bond acceptors (Lipinski definition) is 4. The van der Waals surface area contributed by atoms with Crippen molar-refractivity contribution in [1.82, 2.24) is 4.90 Å². The fourth-order valence-corrected chi connectivity index (χ4v) is 3.79. The van der Waals surface area contributed by atoms with Crippen molar-refractivity contribution in [1.29, 1.82) is 0 Å². The molecule has 2 aromatic carbocycles. The van der Waals surface area contributed by atoms with Gasteiger partial charge in [-0.3, -0.25) is 14.4 Å². The van der Waals surface area contributed by atoms with Crippen LogP contribution in [0.4, 0.5) is 11.4 Å². The molecule has 0 bridgehead atoms. The molecular formula is C25H29N3O4. The average molecular weight is 436 g/mol. The van der Waals surface area contributed by atoms with Gasteiger partial charge in [-0.1, -0.05) is 18.2 Å². The SMILES string of the molecule is O=C(Nc1ccc(NC(=O)C2CCN(C(=O)CCOc3ccccc3)CC2)cc1)C1CC1. The summed E-state index contributed by atoms with van der Waals surface area (Å²) in [4.78, 5) is 38.7. The number of rotatable bonds is 8. The maximum atomic E-state index is 12.6. The van der Waals surface area contributed by atoms with Crippen molar-refractivity contribution < 1.29 is 19.1 Å². The summed E-state index contributed by atoms with van der Waals surface area (Å²) in [6, 6.07) is 16.6. The molecule has 2 fully saturated rings. The second-order valence-corrected chi connectivity index (χ2v) is 8.40. The van der Waals surface area contributed by atoms with Gasteiger partial charge in [0.2, 0.25) is 17.7 Å². The first kappa shape index (κ1) is 21.9. The minimum absolute atomic E-state index is 0.0284. The van der Waals surface area contributed by atoms with Gasteiger partial charge in [0.25, 0.3) is 0 Å². The summed E-state index contributed by atoms with van der Waals surface area (Å²) in [6.45, 7) is 1.50. The Hall–Kier alpha value is -3.35. The maximum Gasteiger partial charge on any atom is 0.227 e. The fraction of sp³-hybridized carbons (Fsp3) is 0.400. The smallest absolute Gasteiger partial charge is 0.227 e. The lowest BCUT2D eigenvalue weighted by Crippen LogP contribution is -2.41.